The predicted octanol–water partition coefficient (Wildman–Crippen LogP) is 3.32. The molecule has 2 N–H and O–H groups in total. The van der Waals surface area contributed by atoms with Crippen LogP contribution in [0.2, 0.25) is 0 Å². The van der Waals surface area contributed by atoms with Crippen molar-refractivity contribution in [3.05, 3.63) is 53.3 Å². The van der Waals surface area contributed by atoms with Gasteiger partial charge in [0.1, 0.15) is 12.3 Å². The third-order valence-electron chi connectivity index (χ3n) is 3.13. The van der Waals surface area contributed by atoms with Crippen LogP contribution in [0.25, 0.3) is 0 Å². The summed E-state index contributed by atoms with van der Waals surface area (Å²) in [6, 6.07) is 9.72. The van der Waals surface area contributed by atoms with Crippen LogP contribution in [0.5, 0.6) is 0 Å². The van der Waals surface area contributed by atoms with E-state index < -0.39 is 0 Å². The van der Waals surface area contributed by atoms with Crippen LogP contribution in [0.15, 0.2) is 36.5 Å². The highest BCUT2D eigenvalue weighted by atomic mass is 16.5. The van der Waals surface area contributed by atoms with Crippen LogP contribution in [0.1, 0.15) is 41.5 Å². The maximum atomic E-state index is 12.1. The lowest BCUT2D eigenvalue weighted by Gasteiger charge is -2.12. The predicted molar refractivity (Wildman–Crippen MR) is 79.5 cm³/mol. The lowest BCUT2D eigenvalue weighted by Crippen LogP contribution is -2.13. The standard InChI is InChI=1S/C16H20N2O2/c1-11(2)18-9-14(17)8-15(18)16(19)20-10-13-6-4-12(3)5-7-13/h4-9,11H,10,17H2,1-3H3. The zero-order valence-electron chi connectivity index (χ0n) is 12.1. The van der Waals surface area contributed by atoms with Gasteiger partial charge in [-0.2, -0.15) is 0 Å². The molecule has 2 rings (SSSR count). The SMILES string of the molecule is Cc1ccc(COC(=O)c2cc(N)cn2C(C)C)cc1. The summed E-state index contributed by atoms with van der Waals surface area (Å²) in [5.74, 6) is -0.351. The third kappa shape index (κ3) is 3.20. The third-order valence-corrected chi connectivity index (χ3v) is 3.13. The molecule has 4 nitrogen and oxygen atoms in total. The van der Waals surface area contributed by atoms with E-state index in [-0.39, 0.29) is 18.6 Å². The van der Waals surface area contributed by atoms with Gasteiger partial charge in [-0.1, -0.05) is 29.8 Å². The molecule has 0 atom stereocenters. The van der Waals surface area contributed by atoms with E-state index in [1.165, 1.54) is 5.56 Å². The van der Waals surface area contributed by atoms with Crippen molar-refractivity contribution in [2.45, 2.75) is 33.4 Å². The van der Waals surface area contributed by atoms with E-state index in [1.54, 1.807) is 12.3 Å². The quantitative estimate of drug-likeness (QED) is 0.869. The molecule has 0 aliphatic carbocycles. The smallest absolute Gasteiger partial charge is 0.355 e. The second-order valence-corrected chi connectivity index (χ2v) is 5.22. The van der Waals surface area contributed by atoms with Crippen LogP contribution in [0, 0.1) is 6.92 Å². The number of esters is 1. The first-order chi connectivity index (χ1) is 9.47. The molecule has 0 fully saturated rings. The molecule has 0 spiro atoms. The van der Waals surface area contributed by atoms with E-state index in [0.29, 0.717) is 11.4 Å². The lowest BCUT2D eigenvalue weighted by molar-refractivity contribution is 0.0458. The minimum atomic E-state index is -0.351. The zero-order chi connectivity index (χ0) is 14.7. The van der Waals surface area contributed by atoms with E-state index in [4.69, 9.17) is 10.5 Å². The van der Waals surface area contributed by atoms with E-state index >= 15 is 0 Å². The Labute approximate surface area is 119 Å². The van der Waals surface area contributed by atoms with Gasteiger partial charge in [-0.15, -0.1) is 0 Å². The largest absolute Gasteiger partial charge is 0.456 e. The monoisotopic (exact) mass is 272 g/mol. The summed E-state index contributed by atoms with van der Waals surface area (Å²) < 4.78 is 7.17. The van der Waals surface area contributed by atoms with Crippen molar-refractivity contribution < 1.29 is 9.53 Å². The number of aromatic nitrogens is 1. The molecule has 20 heavy (non-hydrogen) atoms. The van der Waals surface area contributed by atoms with Crippen molar-refractivity contribution in [1.29, 1.82) is 0 Å². The Hall–Kier alpha value is -2.23. The average molecular weight is 272 g/mol. The van der Waals surface area contributed by atoms with Gasteiger partial charge in [-0.25, -0.2) is 4.79 Å². The van der Waals surface area contributed by atoms with Gasteiger partial charge >= 0.3 is 5.97 Å². The molecule has 0 amide bonds. The van der Waals surface area contributed by atoms with Crippen molar-refractivity contribution >= 4 is 11.7 Å². The Morgan fingerprint density at radius 2 is 1.95 bits per heavy atom. The molecular weight excluding hydrogens is 252 g/mol. The molecule has 2 aromatic rings. The van der Waals surface area contributed by atoms with Gasteiger partial charge in [0.2, 0.25) is 0 Å². The number of carbonyl (C=O) groups excluding carboxylic acids is 1. The number of hydrogen-bond acceptors (Lipinski definition) is 3. The van der Waals surface area contributed by atoms with Gasteiger partial charge in [0.15, 0.2) is 0 Å². The van der Waals surface area contributed by atoms with Gasteiger partial charge in [-0.3, -0.25) is 0 Å². The highest BCUT2D eigenvalue weighted by Gasteiger charge is 2.16. The number of hydrogen-bond donors (Lipinski definition) is 1. The van der Waals surface area contributed by atoms with E-state index in [2.05, 4.69) is 0 Å². The van der Waals surface area contributed by atoms with Gasteiger partial charge in [0.05, 0.1) is 5.69 Å². The molecule has 1 aromatic carbocycles. The summed E-state index contributed by atoms with van der Waals surface area (Å²) in [7, 11) is 0. The van der Waals surface area contributed by atoms with Gasteiger partial charge < -0.3 is 15.0 Å². The Morgan fingerprint density at radius 3 is 2.55 bits per heavy atom. The summed E-state index contributed by atoms with van der Waals surface area (Å²) in [5, 5.41) is 0. The summed E-state index contributed by atoms with van der Waals surface area (Å²) in [6.07, 6.45) is 1.76. The molecule has 106 valence electrons. The van der Waals surface area contributed by atoms with Crippen molar-refractivity contribution in [2.24, 2.45) is 0 Å². The number of nitrogens with two attached hydrogens (primary N) is 1. The second kappa shape index (κ2) is 5.82. The number of benzene rings is 1. The molecule has 0 unspecified atom stereocenters. The van der Waals surface area contributed by atoms with Crippen LogP contribution >= 0.6 is 0 Å². The molecule has 4 heteroatoms. The molecule has 0 radical (unpaired) electrons. The van der Waals surface area contributed by atoms with Crippen LogP contribution in [-0.4, -0.2) is 10.5 Å². The number of nitrogens with zero attached hydrogens (tertiary/aromatic N) is 1. The molecule has 1 heterocycles. The zero-order valence-corrected chi connectivity index (χ0v) is 12.1. The first kappa shape index (κ1) is 14.2. The fraction of sp³-hybridized carbons (Fsp3) is 0.312. The first-order valence-electron chi connectivity index (χ1n) is 6.67. The van der Waals surface area contributed by atoms with Crippen molar-refractivity contribution in [3.63, 3.8) is 0 Å². The van der Waals surface area contributed by atoms with E-state index in [1.807, 2.05) is 49.6 Å². The lowest BCUT2D eigenvalue weighted by atomic mass is 10.2. The Kier molecular flexibility index (Phi) is 4.13. The van der Waals surface area contributed by atoms with Crippen LogP contribution in [-0.2, 0) is 11.3 Å². The number of carbonyl (C=O) groups is 1. The summed E-state index contributed by atoms with van der Waals surface area (Å²) in [5.41, 5.74) is 8.96. The second-order valence-electron chi connectivity index (χ2n) is 5.22. The van der Waals surface area contributed by atoms with E-state index in [9.17, 15) is 4.79 Å². The van der Waals surface area contributed by atoms with Gasteiger partial charge in [0, 0.05) is 12.2 Å². The van der Waals surface area contributed by atoms with Crippen molar-refractivity contribution in [1.82, 2.24) is 4.57 Å². The average Bonchev–Trinajstić information content (AvgIpc) is 2.80. The molecule has 1 aromatic heterocycles. The highest BCUT2D eigenvalue weighted by molar-refractivity contribution is 5.89. The normalized spacial score (nSPS) is 10.8. The minimum Gasteiger partial charge on any atom is -0.456 e. The number of aryl methyl sites for hydroxylation is 1. The van der Waals surface area contributed by atoms with Crippen LogP contribution in [0.4, 0.5) is 5.69 Å². The molecule has 0 aliphatic heterocycles. The summed E-state index contributed by atoms with van der Waals surface area (Å²) in [4.78, 5) is 12.1. The summed E-state index contributed by atoms with van der Waals surface area (Å²) in [6.45, 7) is 6.28. The number of ether oxygens (including phenoxy) is 1. The number of anilines is 1. The number of rotatable bonds is 4. The fourth-order valence-corrected chi connectivity index (χ4v) is 2.00. The maximum Gasteiger partial charge on any atom is 0.355 e. The van der Waals surface area contributed by atoms with Crippen LogP contribution < -0.4 is 5.73 Å². The van der Waals surface area contributed by atoms with Crippen molar-refractivity contribution in [2.75, 3.05) is 5.73 Å². The van der Waals surface area contributed by atoms with E-state index in [0.717, 1.165) is 5.56 Å². The fourth-order valence-electron chi connectivity index (χ4n) is 2.00. The minimum absolute atomic E-state index is 0.161. The highest BCUT2D eigenvalue weighted by Crippen LogP contribution is 2.18. The molecule has 0 saturated carbocycles. The maximum absolute atomic E-state index is 12.1. The van der Waals surface area contributed by atoms with Gasteiger partial charge in [-0.05, 0) is 32.4 Å². The Balaban J connectivity index is 2.07. The molecule has 0 saturated heterocycles. The Bertz CT molecular complexity index is 597. The first-order valence-corrected chi connectivity index (χ1v) is 6.67. The van der Waals surface area contributed by atoms with Crippen molar-refractivity contribution in [3.8, 4) is 0 Å². The van der Waals surface area contributed by atoms with Gasteiger partial charge in [0.25, 0.3) is 0 Å². The number of nitrogen functional groups attached to an aromatic ring is 1. The Morgan fingerprint density at radius 1 is 1.30 bits per heavy atom. The molecule has 0 bridgehead atoms. The summed E-state index contributed by atoms with van der Waals surface area (Å²) >= 11 is 0. The molecule has 0 aliphatic rings. The van der Waals surface area contributed by atoms with Crippen LogP contribution in [0.3, 0.4) is 0 Å². The topological polar surface area (TPSA) is 57.2 Å². The molecular formula is C16H20N2O2.